The maximum Gasteiger partial charge on any atom is 0.255 e. The maximum absolute atomic E-state index is 13.6. The smallest absolute Gasteiger partial charge is 0.255 e. The van der Waals surface area contributed by atoms with E-state index in [9.17, 15) is 4.79 Å². The molecule has 3 atom stereocenters. The molecule has 0 aliphatic carbocycles. The molecule has 2 saturated heterocycles. The predicted octanol–water partition coefficient (Wildman–Crippen LogP) is 5.22. The van der Waals surface area contributed by atoms with Crippen molar-refractivity contribution in [2.45, 2.75) is 57.0 Å². The number of piperidine rings is 1. The van der Waals surface area contributed by atoms with E-state index in [2.05, 4.69) is 17.3 Å². The number of nitrogens with one attached hydrogen (secondary N) is 1. The number of benzene rings is 3. The first kappa shape index (κ1) is 25.9. The van der Waals surface area contributed by atoms with Crippen LogP contribution in [0.25, 0.3) is 0 Å². The molecular formula is C31H36N2O5. The van der Waals surface area contributed by atoms with Crippen LogP contribution >= 0.6 is 0 Å². The highest BCUT2D eigenvalue weighted by molar-refractivity contribution is 5.98. The van der Waals surface area contributed by atoms with Crippen LogP contribution in [-0.4, -0.2) is 50.2 Å². The Labute approximate surface area is 224 Å². The third-order valence-electron chi connectivity index (χ3n) is 7.75. The van der Waals surface area contributed by atoms with Gasteiger partial charge in [0.2, 0.25) is 0 Å². The van der Waals surface area contributed by atoms with E-state index in [1.807, 2.05) is 66.7 Å². The zero-order chi connectivity index (χ0) is 26.5. The summed E-state index contributed by atoms with van der Waals surface area (Å²) >= 11 is 0. The maximum atomic E-state index is 13.6. The third-order valence-corrected chi connectivity index (χ3v) is 7.75. The van der Waals surface area contributed by atoms with Gasteiger partial charge in [-0.1, -0.05) is 30.3 Å². The Morgan fingerprint density at radius 3 is 1.92 bits per heavy atom. The topological polar surface area (TPSA) is 69.3 Å². The Morgan fingerprint density at radius 2 is 1.37 bits per heavy atom. The molecule has 1 amide bonds. The number of fused-ring (bicyclic) bond motifs is 2. The van der Waals surface area contributed by atoms with Crippen LogP contribution in [0.5, 0.6) is 23.0 Å². The average Bonchev–Trinajstić information content (AvgIpc) is 3.15. The van der Waals surface area contributed by atoms with Gasteiger partial charge in [-0.2, -0.15) is 0 Å². The Balaban J connectivity index is 1.34. The zero-order valence-corrected chi connectivity index (χ0v) is 22.3. The molecule has 0 saturated carbocycles. The Bertz CT molecular complexity index is 1210. The fourth-order valence-corrected chi connectivity index (χ4v) is 5.51. The molecule has 7 heteroatoms. The molecule has 7 nitrogen and oxygen atoms in total. The summed E-state index contributed by atoms with van der Waals surface area (Å²) in [7, 11) is 5.49. The number of methoxy groups -OCH3 is 2. The molecule has 1 unspecified atom stereocenters. The number of ether oxygens (including phenoxy) is 4. The molecule has 2 aliphatic heterocycles. The molecule has 0 radical (unpaired) electrons. The Hall–Kier alpha value is -3.71. The standard InChI is InChI=1S/C31H36N2O5/c1-33-24-11-12-25(33)18-23(17-24)32-31(34)28-5-4-6-29(37-19-21-7-13-26(35-2)14-8-21)30(28)38-20-22-9-15-27(36-3)16-10-22/h4-10,13-16,23-25H,11-12,17-20H2,1-3H3,(H,32,34)/t23?,24-,25+. The molecule has 5 rings (SSSR count). The lowest BCUT2D eigenvalue weighted by Crippen LogP contribution is -2.48. The number of hydrogen-bond acceptors (Lipinski definition) is 6. The molecule has 1 N–H and O–H groups in total. The van der Waals surface area contributed by atoms with Crippen molar-refractivity contribution >= 4 is 5.91 Å². The number of carbonyl (C=O) groups is 1. The van der Waals surface area contributed by atoms with E-state index in [-0.39, 0.29) is 11.9 Å². The molecule has 2 bridgehead atoms. The van der Waals surface area contributed by atoms with Gasteiger partial charge in [0.1, 0.15) is 24.7 Å². The lowest BCUT2D eigenvalue weighted by molar-refractivity contribution is 0.0877. The van der Waals surface area contributed by atoms with Crippen molar-refractivity contribution in [3.63, 3.8) is 0 Å². The van der Waals surface area contributed by atoms with E-state index in [1.54, 1.807) is 14.2 Å². The summed E-state index contributed by atoms with van der Waals surface area (Å²) in [5.41, 5.74) is 2.44. The van der Waals surface area contributed by atoms with E-state index in [4.69, 9.17) is 18.9 Å². The molecule has 38 heavy (non-hydrogen) atoms. The second-order valence-electron chi connectivity index (χ2n) is 10.1. The van der Waals surface area contributed by atoms with Crippen LogP contribution in [0.1, 0.15) is 47.2 Å². The first-order chi connectivity index (χ1) is 18.5. The summed E-state index contributed by atoms with van der Waals surface area (Å²) in [6, 6.07) is 22.2. The van der Waals surface area contributed by atoms with Gasteiger partial charge in [0, 0.05) is 18.1 Å². The number of amides is 1. The summed E-state index contributed by atoms with van der Waals surface area (Å²) in [6.45, 7) is 0.637. The average molecular weight is 517 g/mol. The SMILES string of the molecule is COc1ccc(COc2cccc(C(=O)NC3C[C@H]4CC[C@@H](C3)N4C)c2OCc2ccc(OC)cc2)cc1. The van der Waals surface area contributed by atoms with Gasteiger partial charge in [0.15, 0.2) is 11.5 Å². The van der Waals surface area contributed by atoms with Crippen LogP contribution < -0.4 is 24.3 Å². The molecule has 0 aromatic heterocycles. The van der Waals surface area contributed by atoms with Crippen LogP contribution in [0.15, 0.2) is 66.7 Å². The van der Waals surface area contributed by atoms with Crippen molar-refractivity contribution in [2.24, 2.45) is 0 Å². The van der Waals surface area contributed by atoms with Crippen molar-refractivity contribution < 1.29 is 23.7 Å². The minimum Gasteiger partial charge on any atom is -0.497 e. The number of carbonyl (C=O) groups excluding carboxylic acids is 1. The summed E-state index contributed by atoms with van der Waals surface area (Å²) in [6.07, 6.45) is 4.37. The van der Waals surface area contributed by atoms with Gasteiger partial charge < -0.3 is 29.2 Å². The van der Waals surface area contributed by atoms with E-state index < -0.39 is 0 Å². The number of hydrogen-bond donors (Lipinski definition) is 1. The second kappa shape index (κ2) is 11.8. The lowest BCUT2D eigenvalue weighted by Gasteiger charge is -2.36. The normalized spacial score (nSPS) is 20.6. The van der Waals surface area contributed by atoms with Crippen LogP contribution in [0, 0.1) is 0 Å². The van der Waals surface area contributed by atoms with Gasteiger partial charge in [0.25, 0.3) is 5.91 Å². The fraction of sp³-hybridized carbons (Fsp3) is 0.387. The van der Waals surface area contributed by atoms with E-state index >= 15 is 0 Å². The highest BCUT2D eigenvalue weighted by atomic mass is 16.5. The molecule has 2 fully saturated rings. The molecule has 0 spiro atoms. The molecule has 200 valence electrons. The highest BCUT2D eigenvalue weighted by Crippen LogP contribution is 2.36. The van der Waals surface area contributed by atoms with Crippen molar-refractivity contribution in [3.05, 3.63) is 83.4 Å². The Morgan fingerprint density at radius 1 is 0.816 bits per heavy atom. The van der Waals surface area contributed by atoms with Gasteiger partial charge in [-0.15, -0.1) is 0 Å². The minimum atomic E-state index is -0.126. The van der Waals surface area contributed by atoms with Gasteiger partial charge in [0.05, 0.1) is 19.8 Å². The van der Waals surface area contributed by atoms with Crippen LogP contribution in [0.3, 0.4) is 0 Å². The molecule has 2 aliphatic rings. The van der Waals surface area contributed by atoms with E-state index in [0.717, 1.165) is 35.5 Å². The number of nitrogens with zero attached hydrogens (tertiary/aromatic N) is 1. The monoisotopic (exact) mass is 516 g/mol. The summed E-state index contributed by atoms with van der Waals surface area (Å²) < 4.78 is 23.0. The summed E-state index contributed by atoms with van der Waals surface area (Å²) in [5.74, 6) is 2.43. The fourth-order valence-electron chi connectivity index (χ4n) is 5.51. The van der Waals surface area contributed by atoms with Crippen LogP contribution in [0.4, 0.5) is 0 Å². The largest absolute Gasteiger partial charge is 0.497 e. The Kier molecular flexibility index (Phi) is 8.03. The second-order valence-corrected chi connectivity index (χ2v) is 10.1. The van der Waals surface area contributed by atoms with E-state index in [1.165, 1.54) is 12.8 Å². The van der Waals surface area contributed by atoms with Crippen molar-refractivity contribution in [2.75, 3.05) is 21.3 Å². The van der Waals surface area contributed by atoms with Gasteiger partial charge in [-0.3, -0.25) is 4.79 Å². The summed E-state index contributed by atoms with van der Waals surface area (Å²) in [5, 5.41) is 3.29. The third kappa shape index (κ3) is 5.89. The van der Waals surface area contributed by atoms with Gasteiger partial charge >= 0.3 is 0 Å². The number of rotatable bonds is 10. The first-order valence-electron chi connectivity index (χ1n) is 13.2. The van der Waals surface area contributed by atoms with Crippen molar-refractivity contribution in [1.29, 1.82) is 0 Å². The zero-order valence-electron chi connectivity index (χ0n) is 22.3. The minimum absolute atomic E-state index is 0.126. The molecular weight excluding hydrogens is 480 g/mol. The molecule has 3 aromatic rings. The highest BCUT2D eigenvalue weighted by Gasteiger charge is 2.39. The molecule has 3 aromatic carbocycles. The predicted molar refractivity (Wildman–Crippen MR) is 146 cm³/mol. The number of para-hydroxylation sites is 1. The van der Waals surface area contributed by atoms with Crippen LogP contribution in [0.2, 0.25) is 0 Å². The van der Waals surface area contributed by atoms with Crippen LogP contribution in [-0.2, 0) is 13.2 Å². The van der Waals surface area contributed by atoms with Crippen molar-refractivity contribution in [3.8, 4) is 23.0 Å². The lowest BCUT2D eigenvalue weighted by atomic mass is 9.97. The quantitative estimate of drug-likeness (QED) is 0.399. The molecule has 2 heterocycles. The first-order valence-corrected chi connectivity index (χ1v) is 13.2. The van der Waals surface area contributed by atoms with Gasteiger partial charge in [-0.05, 0) is 80.3 Å². The van der Waals surface area contributed by atoms with Crippen molar-refractivity contribution in [1.82, 2.24) is 10.2 Å². The van der Waals surface area contributed by atoms with Gasteiger partial charge in [-0.25, -0.2) is 0 Å². The summed E-state index contributed by atoms with van der Waals surface area (Å²) in [4.78, 5) is 16.0. The van der Waals surface area contributed by atoms with E-state index in [0.29, 0.717) is 42.4 Å².